The van der Waals surface area contributed by atoms with Gasteiger partial charge >= 0.3 is 5.91 Å². The fraction of sp³-hybridized carbons (Fsp3) is 0. The number of carbonyl (C=O) groups is 1. The zero-order valence-electron chi connectivity index (χ0n) is 10.8. The van der Waals surface area contributed by atoms with Gasteiger partial charge < -0.3 is 5.73 Å². The van der Waals surface area contributed by atoms with Gasteiger partial charge in [-0.15, -0.1) is 0 Å². The van der Waals surface area contributed by atoms with Gasteiger partial charge in [0.15, 0.2) is 0 Å². The van der Waals surface area contributed by atoms with Crippen LogP contribution in [0.3, 0.4) is 0 Å². The van der Waals surface area contributed by atoms with Gasteiger partial charge in [0.05, 0.1) is 11.9 Å². The number of hydrazone groups is 1. The van der Waals surface area contributed by atoms with E-state index in [1.165, 1.54) is 6.21 Å². The smallest absolute Gasteiger partial charge is 0.337 e. The molecule has 1 heterocycles. The Bertz CT molecular complexity index is 747. The highest BCUT2D eigenvalue weighted by atomic mass is 35.5. The van der Waals surface area contributed by atoms with Gasteiger partial charge in [-0.25, -0.2) is 5.43 Å². The first-order valence-corrected chi connectivity index (χ1v) is 7.35. The van der Waals surface area contributed by atoms with E-state index in [1.54, 1.807) is 24.3 Å². The molecule has 0 aliphatic rings. The van der Waals surface area contributed by atoms with Crippen molar-refractivity contribution in [2.75, 3.05) is 5.73 Å². The first-order chi connectivity index (χ1) is 10.4. The van der Waals surface area contributed by atoms with E-state index in [1.807, 2.05) is 0 Å². The average molecular weight is 379 g/mol. The lowest BCUT2D eigenvalue weighted by atomic mass is 10.2. The van der Waals surface area contributed by atoms with Crippen LogP contribution in [0.2, 0.25) is 20.2 Å². The largest absolute Gasteiger partial charge is 0.396 e. The van der Waals surface area contributed by atoms with Crippen LogP contribution in [-0.4, -0.2) is 12.1 Å². The number of H-pyrrole nitrogens is 1. The molecule has 0 aliphatic heterocycles. The van der Waals surface area contributed by atoms with E-state index in [0.29, 0.717) is 5.02 Å². The fourth-order valence-electron chi connectivity index (χ4n) is 1.50. The average Bonchev–Trinajstić information content (AvgIpc) is 2.50. The minimum Gasteiger partial charge on any atom is -0.396 e. The van der Waals surface area contributed by atoms with Crippen molar-refractivity contribution in [2.45, 2.75) is 0 Å². The fourth-order valence-corrected chi connectivity index (χ4v) is 2.24. The summed E-state index contributed by atoms with van der Waals surface area (Å²) >= 11 is 23.4. The predicted molar refractivity (Wildman–Crippen MR) is 89.0 cm³/mol. The Morgan fingerprint density at radius 3 is 2.41 bits per heavy atom. The lowest BCUT2D eigenvalue weighted by Crippen LogP contribution is -2.28. The van der Waals surface area contributed by atoms with E-state index in [4.69, 9.17) is 52.1 Å². The number of hydrogen-bond acceptors (Lipinski definition) is 3. The monoisotopic (exact) mass is 377 g/mol. The number of carbonyl (C=O) groups excluding carboxylic acids is 1. The predicted octanol–water partition coefficient (Wildman–Crippen LogP) is 3.46. The Labute approximate surface area is 146 Å². The number of pyridine rings is 1. The van der Waals surface area contributed by atoms with Crippen molar-refractivity contribution in [1.29, 1.82) is 0 Å². The van der Waals surface area contributed by atoms with Gasteiger partial charge in [0.1, 0.15) is 10.0 Å². The van der Waals surface area contributed by atoms with Gasteiger partial charge in [-0.2, -0.15) is 10.1 Å². The number of aromatic nitrogens is 1. The lowest BCUT2D eigenvalue weighted by molar-refractivity contribution is -0.379. The molecule has 114 valence electrons. The molecule has 1 aromatic heterocycles. The number of nitrogens with zero attached hydrogens (tertiary/aromatic N) is 1. The number of nitrogens with two attached hydrogens (primary N) is 1. The third kappa shape index (κ3) is 3.81. The summed E-state index contributed by atoms with van der Waals surface area (Å²) in [6, 6.07) is 6.90. The van der Waals surface area contributed by atoms with E-state index >= 15 is 0 Å². The van der Waals surface area contributed by atoms with Crippen LogP contribution in [0.15, 0.2) is 29.4 Å². The molecule has 0 saturated heterocycles. The molecule has 4 N–H and O–H groups in total. The van der Waals surface area contributed by atoms with E-state index in [-0.39, 0.29) is 26.6 Å². The molecule has 0 radical (unpaired) electrons. The molecule has 0 bridgehead atoms. The van der Waals surface area contributed by atoms with Crippen molar-refractivity contribution in [3.05, 3.63) is 55.7 Å². The van der Waals surface area contributed by atoms with Crippen LogP contribution >= 0.6 is 46.4 Å². The molecule has 2 aromatic rings. The number of anilines is 1. The maximum absolute atomic E-state index is 12.0. The van der Waals surface area contributed by atoms with E-state index < -0.39 is 5.91 Å². The third-order valence-electron chi connectivity index (χ3n) is 2.60. The zero-order chi connectivity index (χ0) is 16.3. The number of nitrogen functional groups attached to an aromatic ring is 1. The molecule has 22 heavy (non-hydrogen) atoms. The Hall–Kier alpha value is -1.53. The number of benzene rings is 1. The second-order valence-electron chi connectivity index (χ2n) is 4.11. The van der Waals surface area contributed by atoms with Crippen LogP contribution < -0.4 is 16.1 Å². The van der Waals surface area contributed by atoms with E-state index in [9.17, 15) is 4.79 Å². The first-order valence-electron chi connectivity index (χ1n) is 5.84. The number of rotatable bonds is 3. The summed E-state index contributed by atoms with van der Waals surface area (Å²) in [5, 5.41) is 4.44. The molecular formula is C13H9Cl4N4O+. The van der Waals surface area contributed by atoms with Crippen molar-refractivity contribution in [1.82, 2.24) is 5.43 Å². The molecular weight excluding hydrogens is 370 g/mol. The van der Waals surface area contributed by atoms with Gasteiger partial charge in [0.2, 0.25) is 0 Å². The number of hydrogen-bond donors (Lipinski definition) is 2. The summed E-state index contributed by atoms with van der Waals surface area (Å²) in [7, 11) is 0. The normalized spacial score (nSPS) is 10.9. The SMILES string of the molecule is Nc1c(Cl)c(Cl)[nH+]c(C(=O)N/N=C/c2ccc(Cl)cc2)c1Cl. The van der Waals surface area contributed by atoms with Crippen LogP contribution in [-0.2, 0) is 0 Å². The van der Waals surface area contributed by atoms with Gasteiger partial charge in [0, 0.05) is 5.02 Å². The van der Waals surface area contributed by atoms with E-state index in [0.717, 1.165) is 5.56 Å². The number of halogens is 4. The second kappa shape index (κ2) is 7.15. The molecule has 5 nitrogen and oxygen atoms in total. The maximum atomic E-state index is 12.0. The Morgan fingerprint density at radius 2 is 1.77 bits per heavy atom. The number of amides is 1. The molecule has 1 aromatic carbocycles. The summed E-state index contributed by atoms with van der Waals surface area (Å²) in [6.45, 7) is 0. The van der Waals surface area contributed by atoms with Crippen molar-refractivity contribution >= 4 is 64.2 Å². The van der Waals surface area contributed by atoms with Crippen LogP contribution in [0.4, 0.5) is 5.69 Å². The van der Waals surface area contributed by atoms with Crippen molar-refractivity contribution in [3.63, 3.8) is 0 Å². The summed E-state index contributed by atoms with van der Waals surface area (Å²) in [5.41, 5.74) is 8.69. The number of aromatic amines is 1. The molecule has 2 rings (SSSR count). The highest BCUT2D eigenvalue weighted by Gasteiger charge is 2.25. The summed E-state index contributed by atoms with van der Waals surface area (Å²) in [5.74, 6) is -0.611. The lowest BCUT2D eigenvalue weighted by Gasteiger charge is -2.02. The van der Waals surface area contributed by atoms with Gasteiger partial charge in [-0.3, -0.25) is 4.79 Å². The molecule has 0 spiro atoms. The quantitative estimate of drug-likeness (QED) is 0.487. The maximum Gasteiger partial charge on any atom is 0.337 e. The first kappa shape index (κ1) is 16.8. The summed E-state index contributed by atoms with van der Waals surface area (Å²) in [6.07, 6.45) is 1.45. The van der Waals surface area contributed by atoms with Crippen LogP contribution in [0.25, 0.3) is 0 Å². The topological polar surface area (TPSA) is 81.6 Å². The minimum atomic E-state index is -0.611. The van der Waals surface area contributed by atoms with Crippen LogP contribution in [0.1, 0.15) is 16.1 Å². The third-order valence-corrected chi connectivity index (χ3v) is 4.01. The van der Waals surface area contributed by atoms with Crippen molar-refractivity contribution < 1.29 is 9.78 Å². The van der Waals surface area contributed by atoms with Gasteiger partial charge in [-0.05, 0) is 29.3 Å². The summed E-state index contributed by atoms with van der Waals surface area (Å²) in [4.78, 5) is 14.6. The van der Waals surface area contributed by atoms with Crippen LogP contribution in [0, 0.1) is 0 Å². The Morgan fingerprint density at radius 1 is 1.14 bits per heavy atom. The van der Waals surface area contributed by atoms with Gasteiger partial charge in [-0.1, -0.05) is 46.9 Å². The highest BCUT2D eigenvalue weighted by Crippen LogP contribution is 2.31. The summed E-state index contributed by atoms with van der Waals surface area (Å²) < 4.78 is 0. The van der Waals surface area contributed by atoms with Crippen LogP contribution in [0.5, 0.6) is 0 Å². The number of nitrogens with one attached hydrogen (secondary N) is 2. The Balaban J connectivity index is 2.15. The van der Waals surface area contributed by atoms with Crippen molar-refractivity contribution in [3.8, 4) is 0 Å². The molecule has 0 fully saturated rings. The molecule has 0 atom stereocenters. The van der Waals surface area contributed by atoms with Crippen molar-refractivity contribution in [2.24, 2.45) is 5.10 Å². The standard InChI is InChI=1S/C13H8Cl4N4O/c14-7-3-1-6(2-4-7)5-19-21-13(22)11-8(15)10(18)9(16)12(17)20-11/h1-5H,(H2,18,20)(H,21,22)/p+1/b19-5+. The molecule has 0 aliphatic carbocycles. The second-order valence-corrected chi connectivity index (χ2v) is 5.68. The highest BCUT2D eigenvalue weighted by molar-refractivity contribution is 6.45. The Kier molecular flexibility index (Phi) is 5.47. The molecule has 1 amide bonds. The molecule has 0 unspecified atom stereocenters. The molecule has 0 saturated carbocycles. The molecule has 9 heteroatoms. The zero-order valence-corrected chi connectivity index (χ0v) is 13.9. The van der Waals surface area contributed by atoms with Gasteiger partial charge in [0.25, 0.3) is 10.8 Å². The van der Waals surface area contributed by atoms with E-state index in [2.05, 4.69) is 15.5 Å². The minimum absolute atomic E-state index is 0.00963.